The van der Waals surface area contributed by atoms with Gasteiger partial charge < -0.3 is 4.90 Å². The van der Waals surface area contributed by atoms with Crippen LogP contribution in [0.3, 0.4) is 0 Å². The van der Waals surface area contributed by atoms with E-state index in [1.807, 2.05) is 25.1 Å². The summed E-state index contributed by atoms with van der Waals surface area (Å²) in [6.07, 6.45) is 0. The normalized spacial score (nSPS) is 10.4. The van der Waals surface area contributed by atoms with E-state index in [1.165, 1.54) is 0 Å². The molecule has 0 atom stereocenters. The molecule has 0 aromatic heterocycles. The molecular formula is C10H11Cl2NO. The highest BCUT2D eigenvalue weighted by molar-refractivity contribution is 6.55. The molecule has 76 valence electrons. The number of halogens is 2. The van der Waals surface area contributed by atoms with Crippen molar-refractivity contribution in [2.45, 2.75) is 4.84 Å². The lowest BCUT2D eigenvalue weighted by molar-refractivity contribution is 0.101. The van der Waals surface area contributed by atoms with Crippen LogP contribution >= 0.6 is 23.2 Å². The molecule has 4 heteroatoms. The van der Waals surface area contributed by atoms with Crippen LogP contribution in [0.1, 0.15) is 10.4 Å². The van der Waals surface area contributed by atoms with Gasteiger partial charge in [0.15, 0.2) is 10.6 Å². The summed E-state index contributed by atoms with van der Waals surface area (Å²) in [5.74, 6) is -0.267. The van der Waals surface area contributed by atoms with Gasteiger partial charge in [-0.05, 0) is 12.1 Å². The first-order chi connectivity index (χ1) is 6.52. The molecule has 0 aliphatic heterocycles. The number of anilines is 1. The SMILES string of the molecule is CN(C)c1cccc(C(=O)C(Cl)Cl)c1. The van der Waals surface area contributed by atoms with Crippen molar-refractivity contribution >= 4 is 34.7 Å². The molecule has 0 N–H and O–H groups in total. The van der Waals surface area contributed by atoms with Gasteiger partial charge in [-0.1, -0.05) is 35.3 Å². The first kappa shape index (κ1) is 11.3. The number of hydrogen-bond donors (Lipinski definition) is 0. The van der Waals surface area contributed by atoms with Gasteiger partial charge in [0.1, 0.15) is 0 Å². The zero-order valence-electron chi connectivity index (χ0n) is 8.00. The summed E-state index contributed by atoms with van der Waals surface area (Å²) < 4.78 is 0. The standard InChI is InChI=1S/C10H11Cl2NO/c1-13(2)8-5-3-4-7(6-8)9(14)10(11)12/h3-6,10H,1-2H3. The third kappa shape index (κ3) is 2.63. The zero-order chi connectivity index (χ0) is 10.7. The lowest BCUT2D eigenvalue weighted by Gasteiger charge is -2.13. The van der Waals surface area contributed by atoms with Crippen LogP contribution in [0.25, 0.3) is 0 Å². The van der Waals surface area contributed by atoms with E-state index in [0.29, 0.717) is 5.56 Å². The predicted octanol–water partition coefficient (Wildman–Crippen LogP) is 2.74. The fourth-order valence-corrected chi connectivity index (χ4v) is 1.32. The lowest BCUT2D eigenvalue weighted by Crippen LogP contribution is -2.12. The molecule has 0 spiro atoms. The summed E-state index contributed by atoms with van der Waals surface area (Å²) in [6.45, 7) is 0. The Kier molecular flexibility index (Phi) is 3.78. The molecule has 0 fully saturated rings. The van der Waals surface area contributed by atoms with E-state index in [2.05, 4.69) is 0 Å². The number of Topliss-reactive ketones (excluding diaryl/α,β-unsaturated/α-hetero) is 1. The van der Waals surface area contributed by atoms with E-state index in [9.17, 15) is 4.79 Å². The fraction of sp³-hybridized carbons (Fsp3) is 0.300. The molecule has 14 heavy (non-hydrogen) atoms. The quantitative estimate of drug-likeness (QED) is 0.589. The van der Waals surface area contributed by atoms with Gasteiger partial charge in [0.05, 0.1) is 0 Å². The number of carbonyl (C=O) groups is 1. The molecule has 0 unspecified atom stereocenters. The lowest BCUT2D eigenvalue weighted by atomic mass is 10.1. The Morgan fingerprint density at radius 2 is 2.00 bits per heavy atom. The molecule has 0 heterocycles. The number of carbonyl (C=O) groups excluding carboxylic acids is 1. The summed E-state index contributed by atoms with van der Waals surface area (Å²) in [5, 5.41) is 0. The largest absolute Gasteiger partial charge is 0.378 e. The van der Waals surface area contributed by atoms with Crippen LogP contribution in [0.15, 0.2) is 24.3 Å². The van der Waals surface area contributed by atoms with E-state index in [1.54, 1.807) is 18.2 Å². The average Bonchev–Trinajstić information content (AvgIpc) is 2.16. The van der Waals surface area contributed by atoms with Crippen molar-refractivity contribution < 1.29 is 4.79 Å². The predicted molar refractivity (Wildman–Crippen MR) is 60.6 cm³/mol. The smallest absolute Gasteiger partial charge is 0.195 e. The number of ketones is 1. The van der Waals surface area contributed by atoms with Gasteiger partial charge in [0.25, 0.3) is 0 Å². The Morgan fingerprint density at radius 1 is 1.36 bits per heavy atom. The summed E-state index contributed by atoms with van der Waals surface area (Å²) in [7, 11) is 3.81. The van der Waals surface area contributed by atoms with Crippen molar-refractivity contribution in [3.63, 3.8) is 0 Å². The highest BCUT2D eigenvalue weighted by atomic mass is 35.5. The van der Waals surface area contributed by atoms with Crippen LogP contribution in [-0.4, -0.2) is 24.7 Å². The molecule has 0 saturated carbocycles. The topological polar surface area (TPSA) is 20.3 Å². The van der Waals surface area contributed by atoms with Crippen LogP contribution in [0.2, 0.25) is 0 Å². The molecule has 0 amide bonds. The maximum atomic E-state index is 11.4. The maximum Gasteiger partial charge on any atom is 0.195 e. The van der Waals surface area contributed by atoms with E-state index in [-0.39, 0.29) is 5.78 Å². The Morgan fingerprint density at radius 3 is 2.50 bits per heavy atom. The summed E-state index contributed by atoms with van der Waals surface area (Å²) in [6, 6.07) is 7.18. The average molecular weight is 232 g/mol. The Bertz CT molecular complexity index is 337. The fourth-order valence-electron chi connectivity index (χ4n) is 1.06. The van der Waals surface area contributed by atoms with Gasteiger partial charge in [0.2, 0.25) is 0 Å². The third-order valence-electron chi connectivity index (χ3n) is 1.85. The van der Waals surface area contributed by atoms with Crippen molar-refractivity contribution in [2.75, 3.05) is 19.0 Å². The highest BCUT2D eigenvalue weighted by Gasteiger charge is 2.14. The Hall–Kier alpha value is -0.730. The van der Waals surface area contributed by atoms with Crippen LogP contribution in [0, 0.1) is 0 Å². The second-order valence-corrected chi connectivity index (χ2v) is 4.21. The molecular weight excluding hydrogens is 221 g/mol. The number of nitrogens with zero attached hydrogens (tertiary/aromatic N) is 1. The number of rotatable bonds is 3. The van der Waals surface area contributed by atoms with Gasteiger partial charge in [-0.3, -0.25) is 4.79 Å². The molecule has 0 radical (unpaired) electrons. The minimum Gasteiger partial charge on any atom is -0.378 e. The zero-order valence-corrected chi connectivity index (χ0v) is 9.51. The van der Waals surface area contributed by atoms with Gasteiger partial charge in [-0.2, -0.15) is 0 Å². The van der Waals surface area contributed by atoms with E-state index < -0.39 is 4.84 Å². The van der Waals surface area contributed by atoms with Crippen molar-refractivity contribution in [1.29, 1.82) is 0 Å². The molecule has 0 bridgehead atoms. The molecule has 0 saturated heterocycles. The number of alkyl halides is 2. The van der Waals surface area contributed by atoms with Gasteiger partial charge in [-0.25, -0.2) is 0 Å². The van der Waals surface area contributed by atoms with Crippen LogP contribution < -0.4 is 4.90 Å². The van der Waals surface area contributed by atoms with Crippen LogP contribution in [0.4, 0.5) is 5.69 Å². The van der Waals surface area contributed by atoms with Crippen molar-refractivity contribution in [3.05, 3.63) is 29.8 Å². The van der Waals surface area contributed by atoms with Crippen molar-refractivity contribution in [2.24, 2.45) is 0 Å². The summed E-state index contributed by atoms with van der Waals surface area (Å²) in [5.41, 5.74) is 1.48. The molecule has 1 aromatic carbocycles. The monoisotopic (exact) mass is 231 g/mol. The van der Waals surface area contributed by atoms with Crippen LogP contribution in [-0.2, 0) is 0 Å². The molecule has 0 aliphatic rings. The Labute approximate surface area is 93.4 Å². The van der Waals surface area contributed by atoms with E-state index in [0.717, 1.165) is 5.69 Å². The van der Waals surface area contributed by atoms with Crippen LogP contribution in [0.5, 0.6) is 0 Å². The van der Waals surface area contributed by atoms with E-state index in [4.69, 9.17) is 23.2 Å². The molecule has 0 aliphatic carbocycles. The molecule has 2 nitrogen and oxygen atoms in total. The van der Waals surface area contributed by atoms with Gasteiger partial charge >= 0.3 is 0 Å². The minimum absolute atomic E-state index is 0.267. The Balaban J connectivity index is 3.00. The molecule has 1 aromatic rings. The molecule has 1 rings (SSSR count). The number of hydrogen-bond acceptors (Lipinski definition) is 2. The second-order valence-electron chi connectivity index (χ2n) is 3.11. The van der Waals surface area contributed by atoms with Crippen molar-refractivity contribution in [1.82, 2.24) is 0 Å². The second kappa shape index (κ2) is 4.67. The van der Waals surface area contributed by atoms with Gasteiger partial charge in [0, 0.05) is 25.3 Å². The minimum atomic E-state index is -0.993. The highest BCUT2D eigenvalue weighted by Crippen LogP contribution is 2.17. The third-order valence-corrected chi connectivity index (χ3v) is 2.24. The van der Waals surface area contributed by atoms with E-state index >= 15 is 0 Å². The van der Waals surface area contributed by atoms with Gasteiger partial charge in [-0.15, -0.1) is 0 Å². The van der Waals surface area contributed by atoms with Crippen molar-refractivity contribution in [3.8, 4) is 0 Å². The first-order valence-electron chi connectivity index (χ1n) is 4.12. The number of benzene rings is 1. The first-order valence-corrected chi connectivity index (χ1v) is 4.99. The summed E-state index contributed by atoms with van der Waals surface area (Å²) in [4.78, 5) is 12.4. The maximum absolute atomic E-state index is 11.4. The summed E-state index contributed by atoms with van der Waals surface area (Å²) >= 11 is 11.0.